The van der Waals surface area contributed by atoms with Gasteiger partial charge in [0.2, 0.25) is 0 Å². The van der Waals surface area contributed by atoms with Gasteiger partial charge in [0.15, 0.2) is 11.7 Å². The van der Waals surface area contributed by atoms with Crippen molar-refractivity contribution >= 4 is 28.3 Å². The van der Waals surface area contributed by atoms with Gasteiger partial charge in [-0.3, -0.25) is 10.1 Å². The lowest BCUT2D eigenvalue weighted by atomic mass is 10.1. The van der Waals surface area contributed by atoms with E-state index in [1.807, 2.05) is 42.6 Å². The average molecular weight is 396 g/mol. The van der Waals surface area contributed by atoms with Crippen molar-refractivity contribution in [2.75, 3.05) is 19.0 Å². The fraction of sp³-hybridized carbons (Fsp3) is 0.190. The van der Waals surface area contributed by atoms with Crippen molar-refractivity contribution in [3.63, 3.8) is 0 Å². The number of benzene rings is 2. The first-order valence-corrected chi connectivity index (χ1v) is 9.50. The first kappa shape index (κ1) is 19.7. The molecule has 6 nitrogen and oxygen atoms in total. The summed E-state index contributed by atoms with van der Waals surface area (Å²) in [6, 6.07) is 14.9. The van der Waals surface area contributed by atoms with Crippen LogP contribution in [0.2, 0.25) is 0 Å². The zero-order valence-electron chi connectivity index (χ0n) is 15.6. The zero-order chi connectivity index (χ0) is 19.9. The molecule has 0 aliphatic heterocycles. The predicted molar refractivity (Wildman–Crippen MR) is 108 cm³/mol. The van der Waals surface area contributed by atoms with Crippen LogP contribution in [0.4, 0.5) is 5.13 Å². The monoisotopic (exact) mass is 396 g/mol. The molecule has 0 fully saturated rings. The summed E-state index contributed by atoms with van der Waals surface area (Å²) < 4.78 is 10.1. The van der Waals surface area contributed by atoms with Gasteiger partial charge in [-0.2, -0.15) is 0 Å². The van der Waals surface area contributed by atoms with E-state index in [2.05, 4.69) is 10.3 Å². The molecule has 1 aromatic heterocycles. The van der Waals surface area contributed by atoms with Gasteiger partial charge in [-0.1, -0.05) is 42.0 Å². The summed E-state index contributed by atoms with van der Waals surface area (Å²) in [5.74, 6) is -1.00. The highest BCUT2D eigenvalue weighted by Gasteiger charge is 2.13. The van der Waals surface area contributed by atoms with E-state index in [0.29, 0.717) is 17.3 Å². The molecule has 0 saturated heterocycles. The highest BCUT2D eigenvalue weighted by atomic mass is 32.1. The lowest BCUT2D eigenvalue weighted by Crippen LogP contribution is -2.20. The van der Waals surface area contributed by atoms with Crippen LogP contribution >= 0.6 is 11.3 Å². The molecular weight excluding hydrogens is 376 g/mol. The molecule has 0 aliphatic rings. The number of ether oxygens (including phenoxy) is 2. The maximum Gasteiger partial charge on any atom is 0.338 e. The van der Waals surface area contributed by atoms with Crippen LogP contribution in [0.5, 0.6) is 0 Å². The number of nitrogens with one attached hydrogen (secondary N) is 1. The summed E-state index contributed by atoms with van der Waals surface area (Å²) >= 11 is 1.32. The van der Waals surface area contributed by atoms with E-state index in [-0.39, 0.29) is 6.61 Å². The maximum atomic E-state index is 12.1. The predicted octanol–water partition coefficient (Wildman–Crippen LogP) is 4.06. The van der Waals surface area contributed by atoms with E-state index in [1.54, 1.807) is 25.3 Å². The highest BCUT2D eigenvalue weighted by Crippen LogP contribution is 2.25. The third-order valence-corrected chi connectivity index (χ3v) is 4.66. The lowest BCUT2D eigenvalue weighted by molar-refractivity contribution is -0.119. The van der Waals surface area contributed by atoms with Crippen LogP contribution in [-0.4, -0.2) is 30.6 Å². The number of thiazole rings is 1. The second-order valence-electron chi connectivity index (χ2n) is 6.16. The fourth-order valence-electron chi connectivity index (χ4n) is 2.51. The van der Waals surface area contributed by atoms with Crippen LogP contribution in [0.1, 0.15) is 21.5 Å². The van der Waals surface area contributed by atoms with Gasteiger partial charge in [0.1, 0.15) is 0 Å². The molecule has 7 heteroatoms. The number of carbonyl (C=O) groups excluding carboxylic acids is 2. The summed E-state index contributed by atoms with van der Waals surface area (Å²) in [4.78, 5) is 28.6. The summed E-state index contributed by atoms with van der Waals surface area (Å²) in [5.41, 5.74) is 4.16. The van der Waals surface area contributed by atoms with E-state index in [9.17, 15) is 9.59 Å². The SMILES string of the molecule is COCc1cccc(C(=O)OCC(=O)Nc2nc(-c3ccc(C)cc3)cs2)c1. The maximum absolute atomic E-state index is 12.1. The molecule has 1 heterocycles. The molecule has 0 aliphatic carbocycles. The molecule has 0 bridgehead atoms. The van der Waals surface area contributed by atoms with Gasteiger partial charge >= 0.3 is 5.97 Å². The van der Waals surface area contributed by atoms with Crippen LogP contribution in [0.3, 0.4) is 0 Å². The van der Waals surface area contributed by atoms with E-state index >= 15 is 0 Å². The number of aryl methyl sites for hydroxylation is 1. The van der Waals surface area contributed by atoms with Gasteiger partial charge in [-0.25, -0.2) is 9.78 Å². The standard InChI is InChI=1S/C21H20N2O4S/c1-14-6-8-16(9-7-14)18-13-28-21(22-18)23-19(24)12-27-20(25)17-5-3-4-15(10-17)11-26-2/h3-10,13H,11-12H2,1-2H3,(H,22,23,24). The van der Waals surface area contributed by atoms with Crippen LogP contribution in [0.25, 0.3) is 11.3 Å². The van der Waals surface area contributed by atoms with Crippen LogP contribution in [0.15, 0.2) is 53.9 Å². The Kier molecular flexibility index (Phi) is 6.52. The van der Waals surface area contributed by atoms with Gasteiger partial charge in [-0.15, -0.1) is 11.3 Å². The lowest BCUT2D eigenvalue weighted by Gasteiger charge is -2.06. The van der Waals surface area contributed by atoms with Gasteiger partial charge in [0.25, 0.3) is 5.91 Å². The number of esters is 1. The number of carbonyl (C=O) groups is 2. The second-order valence-corrected chi connectivity index (χ2v) is 7.02. The fourth-order valence-corrected chi connectivity index (χ4v) is 3.25. The van der Waals surface area contributed by atoms with Crippen molar-refractivity contribution in [2.24, 2.45) is 0 Å². The molecule has 1 N–H and O–H groups in total. The highest BCUT2D eigenvalue weighted by molar-refractivity contribution is 7.14. The van der Waals surface area contributed by atoms with E-state index in [1.165, 1.54) is 16.9 Å². The molecule has 0 unspecified atom stereocenters. The van der Waals surface area contributed by atoms with Gasteiger partial charge < -0.3 is 9.47 Å². The van der Waals surface area contributed by atoms with E-state index in [0.717, 1.165) is 16.8 Å². The molecule has 3 aromatic rings. The van der Waals surface area contributed by atoms with E-state index < -0.39 is 11.9 Å². The third kappa shape index (κ3) is 5.25. The van der Waals surface area contributed by atoms with Crippen LogP contribution in [0, 0.1) is 6.92 Å². The number of anilines is 1. The van der Waals surface area contributed by atoms with Crippen LogP contribution < -0.4 is 5.32 Å². The Morgan fingerprint density at radius 1 is 1.14 bits per heavy atom. The van der Waals surface area contributed by atoms with Crippen molar-refractivity contribution in [2.45, 2.75) is 13.5 Å². The molecule has 1 amide bonds. The average Bonchev–Trinajstić information content (AvgIpc) is 3.15. The summed E-state index contributed by atoms with van der Waals surface area (Å²) in [6.45, 7) is 2.04. The minimum atomic E-state index is -0.562. The van der Waals surface area contributed by atoms with Gasteiger partial charge in [0, 0.05) is 18.1 Å². The first-order chi connectivity index (χ1) is 13.5. The number of amides is 1. The number of aromatic nitrogens is 1. The molecule has 144 valence electrons. The largest absolute Gasteiger partial charge is 0.452 e. The molecular formula is C21H20N2O4S. The molecule has 28 heavy (non-hydrogen) atoms. The Bertz CT molecular complexity index is 967. The summed E-state index contributed by atoms with van der Waals surface area (Å²) in [7, 11) is 1.58. The van der Waals surface area contributed by atoms with Crippen LogP contribution in [-0.2, 0) is 20.9 Å². The number of hydrogen-bond donors (Lipinski definition) is 1. The second kappa shape index (κ2) is 9.25. The van der Waals surface area contributed by atoms with Crippen molar-refractivity contribution in [1.82, 2.24) is 4.98 Å². The summed E-state index contributed by atoms with van der Waals surface area (Å²) in [6.07, 6.45) is 0. The molecule has 0 atom stereocenters. The minimum Gasteiger partial charge on any atom is -0.452 e. The Labute approximate surface area is 167 Å². The Balaban J connectivity index is 1.54. The summed E-state index contributed by atoms with van der Waals surface area (Å²) in [5, 5.41) is 4.98. The van der Waals surface area contributed by atoms with Crippen molar-refractivity contribution in [1.29, 1.82) is 0 Å². The number of rotatable bonds is 7. The van der Waals surface area contributed by atoms with Gasteiger partial charge in [-0.05, 0) is 24.6 Å². The van der Waals surface area contributed by atoms with E-state index in [4.69, 9.17) is 9.47 Å². The smallest absolute Gasteiger partial charge is 0.338 e. The first-order valence-electron chi connectivity index (χ1n) is 8.62. The molecule has 2 aromatic carbocycles. The number of hydrogen-bond acceptors (Lipinski definition) is 6. The normalized spacial score (nSPS) is 10.5. The Hall–Kier alpha value is -3.03. The van der Waals surface area contributed by atoms with Crippen molar-refractivity contribution in [3.8, 4) is 11.3 Å². The zero-order valence-corrected chi connectivity index (χ0v) is 16.4. The Morgan fingerprint density at radius 2 is 1.93 bits per heavy atom. The van der Waals surface area contributed by atoms with Crippen molar-refractivity contribution < 1.29 is 19.1 Å². The topological polar surface area (TPSA) is 77.5 Å². The van der Waals surface area contributed by atoms with Gasteiger partial charge in [0.05, 0.1) is 17.9 Å². The quantitative estimate of drug-likeness (QED) is 0.610. The molecule has 0 spiro atoms. The third-order valence-electron chi connectivity index (χ3n) is 3.91. The number of nitrogens with zero attached hydrogens (tertiary/aromatic N) is 1. The molecule has 0 radical (unpaired) electrons. The number of methoxy groups -OCH3 is 1. The van der Waals surface area contributed by atoms with Crippen molar-refractivity contribution in [3.05, 3.63) is 70.6 Å². The molecule has 3 rings (SSSR count). The minimum absolute atomic E-state index is 0.373. The Morgan fingerprint density at radius 3 is 2.68 bits per heavy atom. The molecule has 0 saturated carbocycles.